The summed E-state index contributed by atoms with van der Waals surface area (Å²) in [7, 11) is 0. The van der Waals surface area contributed by atoms with E-state index in [9.17, 15) is 0 Å². The van der Waals surface area contributed by atoms with Crippen LogP contribution in [0.25, 0.3) is 0 Å². The van der Waals surface area contributed by atoms with E-state index < -0.39 is 0 Å². The molecule has 0 aliphatic carbocycles. The molecule has 1 N–H and O–H groups in total. The van der Waals surface area contributed by atoms with E-state index in [1.165, 1.54) is 11.5 Å². The highest BCUT2D eigenvalue weighted by molar-refractivity contribution is 7.99. The molecule has 0 aromatic rings. The van der Waals surface area contributed by atoms with Gasteiger partial charge in [0, 0.05) is 42.7 Å². The lowest BCUT2D eigenvalue weighted by Crippen LogP contribution is -2.51. The van der Waals surface area contributed by atoms with Crippen LogP contribution >= 0.6 is 11.8 Å². The molecule has 0 aromatic heterocycles. The van der Waals surface area contributed by atoms with Gasteiger partial charge in [0.15, 0.2) is 0 Å². The van der Waals surface area contributed by atoms with E-state index >= 15 is 0 Å². The molecule has 1 heterocycles. The van der Waals surface area contributed by atoms with Crippen LogP contribution in [0.1, 0.15) is 20.8 Å². The van der Waals surface area contributed by atoms with Gasteiger partial charge in [0.1, 0.15) is 0 Å². The van der Waals surface area contributed by atoms with Crippen molar-refractivity contribution in [2.75, 3.05) is 31.1 Å². The van der Waals surface area contributed by atoms with E-state index in [-0.39, 0.29) is 5.54 Å². The summed E-state index contributed by atoms with van der Waals surface area (Å²) >= 11 is 2.06. The fourth-order valence-electron chi connectivity index (χ4n) is 1.78. The molecule has 0 aromatic carbocycles. The highest BCUT2D eigenvalue weighted by atomic mass is 32.2. The van der Waals surface area contributed by atoms with Crippen LogP contribution in [0, 0.1) is 0 Å². The van der Waals surface area contributed by atoms with E-state index in [0.717, 1.165) is 19.6 Å². The topological polar surface area (TPSA) is 15.3 Å². The van der Waals surface area contributed by atoms with Gasteiger partial charge in [0.25, 0.3) is 0 Å². The standard InChI is InChI=1S/C12H24N2S/c1-5-7-14(12(2,3)4)9-11-10-15-8-6-13-11/h5,11,13H,1,6-10H2,2-4H3. The van der Waals surface area contributed by atoms with Gasteiger partial charge in [0.05, 0.1) is 0 Å². The van der Waals surface area contributed by atoms with Crippen LogP contribution in [-0.2, 0) is 0 Å². The van der Waals surface area contributed by atoms with Crippen molar-refractivity contribution in [2.45, 2.75) is 32.4 Å². The lowest BCUT2D eigenvalue weighted by Gasteiger charge is -2.38. The molecule has 1 aliphatic rings. The third kappa shape index (κ3) is 4.58. The first-order valence-electron chi connectivity index (χ1n) is 5.71. The van der Waals surface area contributed by atoms with Crippen molar-refractivity contribution in [3.63, 3.8) is 0 Å². The number of hydrogen-bond donors (Lipinski definition) is 1. The third-order valence-corrected chi connectivity index (χ3v) is 3.87. The SMILES string of the molecule is C=CCN(CC1CSCCN1)C(C)(C)C. The Morgan fingerprint density at radius 1 is 1.53 bits per heavy atom. The van der Waals surface area contributed by atoms with Crippen LogP contribution in [0.5, 0.6) is 0 Å². The Morgan fingerprint density at radius 2 is 2.27 bits per heavy atom. The Hall–Kier alpha value is 0.01000. The smallest absolute Gasteiger partial charge is 0.0286 e. The Balaban J connectivity index is 2.45. The average Bonchev–Trinajstić information content (AvgIpc) is 2.17. The maximum Gasteiger partial charge on any atom is 0.0286 e. The van der Waals surface area contributed by atoms with Crippen molar-refractivity contribution in [3.05, 3.63) is 12.7 Å². The van der Waals surface area contributed by atoms with Crippen LogP contribution in [-0.4, -0.2) is 47.6 Å². The Kier molecular flexibility index (Phi) is 5.16. The van der Waals surface area contributed by atoms with Gasteiger partial charge in [-0.2, -0.15) is 11.8 Å². The lowest BCUT2D eigenvalue weighted by atomic mass is 10.0. The molecular formula is C12H24N2S. The normalized spacial score (nSPS) is 23.1. The zero-order valence-electron chi connectivity index (χ0n) is 10.3. The monoisotopic (exact) mass is 228 g/mol. The molecule has 0 amide bonds. The van der Waals surface area contributed by atoms with Crippen molar-refractivity contribution >= 4 is 11.8 Å². The summed E-state index contributed by atoms with van der Waals surface area (Å²) in [5.41, 5.74) is 0.234. The van der Waals surface area contributed by atoms with E-state index in [0.29, 0.717) is 6.04 Å². The van der Waals surface area contributed by atoms with Crippen LogP contribution in [0.3, 0.4) is 0 Å². The van der Waals surface area contributed by atoms with Crippen molar-refractivity contribution in [1.29, 1.82) is 0 Å². The average molecular weight is 228 g/mol. The zero-order chi connectivity index (χ0) is 11.3. The molecule has 2 nitrogen and oxygen atoms in total. The summed E-state index contributed by atoms with van der Waals surface area (Å²) < 4.78 is 0. The largest absolute Gasteiger partial charge is 0.311 e. The molecule has 15 heavy (non-hydrogen) atoms. The number of nitrogens with one attached hydrogen (secondary N) is 1. The van der Waals surface area contributed by atoms with E-state index in [1.807, 2.05) is 6.08 Å². The fraction of sp³-hybridized carbons (Fsp3) is 0.833. The van der Waals surface area contributed by atoms with Crippen LogP contribution in [0.2, 0.25) is 0 Å². The highest BCUT2D eigenvalue weighted by Crippen LogP contribution is 2.16. The minimum Gasteiger partial charge on any atom is -0.311 e. The molecule has 1 aliphatic heterocycles. The van der Waals surface area contributed by atoms with Crippen molar-refractivity contribution in [3.8, 4) is 0 Å². The number of thioether (sulfide) groups is 1. The summed E-state index contributed by atoms with van der Waals surface area (Å²) in [5, 5.41) is 3.58. The third-order valence-electron chi connectivity index (χ3n) is 2.74. The first-order chi connectivity index (χ1) is 7.04. The zero-order valence-corrected chi connectivity index (χ0v) is 11.1. The minimum absolute atomic E-state index is 0.234. The van der Waals surface area contributed by atoms with Gasteiger partial charge in [-0.3, -0.25) is 4.90 Å². The van der Waals surface area contributed by atoms with E-state index in [2.05, 4.69) is 49.3 Å². The van der Waals surface area contributed by atoms with Gasteiger partial charge in [-0.1, -0.05) is 6.08 Å². The van der Waals surface area contributed by atoms with Gasteiger partial charge in [0.2, 0.25) is 0 Å². The molecule has 1 atom stereocenters. The first kappa shape index (κ1) is 13.1. The predicted molar refractivity (Wildman–Crippen MR) is 70.6 cm³/mol. The molecule has 1 unspecified atom stereocenters. The molecule has 0 saturated carbocycles. The summed E-state index contributed by atoms with van der Waals surface area (Å²) in [5.74, 6) is 2.50. The molecule has 1 fully saturated rings. The Bertz CT molecular complexity index is 192. The predicted octanol–water partition coefficient (Wildman–Crippen LogP) is 1.98. The molecule has 88 valence electrons. The molecule has 0 bridgehead atoms. The maximum atomic E-state index is 3.84. The second-order valence-electron chi connectivity index (χ2n) is 5.09. The van der Waals surface area contributed by atoms with E-state index in [4.69, 9.17) is 0 Å². The van der Waals surface area contributed by atoms with Crippen molar-refractivity contribution in [2.24, 2.45) is 0 Å². The van der Waals surface area contributed by atoms with E-state index in [1.54, 1.807) is 0 Å². The summed E-state index contributed by atoms with van der Waals surface area (Å²) in [6.07, 6.45) is 2.00. The van der Waals surface area contributed by atoms with Crippen LogP contribution < -0.4 is 5.32 Å². The highest BCUT2D eigenvalue weighted by Gasteiger charge is 2.24. The van der Waals surface area contributed by atoms with Gasteiger partial charge in [-0.15, -0.1) is 6.58 Å². The van der Waals surface area contributed by atoms with Crippen molar-refractivity contribution in [1.82, 2.24) is 10.2 Å². The summed E-state index contributed by atoms with van der Waals surface area (Å²) in [6.45, 7) is 13.9. The molecule has 0 spiro atoms. The minimum atomic E-state index is 0.234. The number of nitrogens with zero attached hydrogens (tertiary/aromatic N) is 1. The molecule has 1 saturated heterocycles. The lowest BCUT2D eigenvalue weighted by molar-refractivity contribution is 0.141. The van der Waals surface area contributed by atoms with Gasteiger partial charge < -0.3 is 5.32 Å². The van der Waals surface area contributed by atoms with Gasteiger partial charge >= 0.3 is 0 Å². The van der Waals surface area contributed by atoms with Crippen LogP contribution in [0.15, 0.2) is 12.7 Å². The maximum absolute atomic E-state index is 3.84. The van der Waals surface area contributed by atoms with Gasteiger partial charge in [-0.05, 0) is 20.8 Å². The molecule has 1 rings (SSSR count). The van der Waals surface area contributed by atoms with Gasteiger partial charge in [-0.25, -0.2) is 0 Å². The quantitative estimate of drug-likeness (QED) is 0.741. The first-order valence-corrected chi connectivity index (χ1v) is 6.86. The van der Waals surface area contributed by atoms with Crippen LogP contribution in [0.4, 0.5) is 0 Å². The molecule has 0 radical (unpaired) electrons. The summed E-state index contributed by atoms with van der Waals surface area (Å²) in [4.78, 5) is 2.49. The fourth-order valence-corrected chi connectivity index (χ4v) is 2.72. The Labute approximate surface area is 98.5 Å². The summed E-state index contributed by atoms with van der Waals surface area (Å²) in [6, 6.07) is 0.642. The number of hydrogen-bond acceptors (Lipinski definition) is 3. The molecular weight excluding hydrogens is 204 g/mol. The van der Waals surface area contributed by atoms with Crippen molar-refractivity contribution < 1.29 is 0 Å². The second-order valence-corrected chi connectivity index (χ2v) is 6.24. The molecule has 3 heteroatoms. The Morgan fingerprint density at radius 3 is 2.73 bits per heavy atom. The second kappa shape index (κ2) is 5.92. The number of rotatable bonds is 4.